The van der Waals surface area contributed by atoms with Gasteiger partial charge in [-0.2, -0.15) is 5.26 Å². The van der Waals surface area contributed by atoms with Gasteiger partial charge in [-0.1, -0.05) is 17.7 Å². The maximum atomic E-state index is 12.3. The standard InChI is InChI=1S/C18H15ClN2O4/c1-24-16-6-4-13(9-14(16)19)21-18(23)12(10-20)7-11-3-5-15(22)17(8-11)25-2/h3-9,22H,1-2H3,(H,21,23)/b12-7+. The summed E-state index contributed by atoms with van der Waals surface area (Å²) >= 11 is 6.01. The normalized spacial score (nSPS) is 10.7. The second-order valence-electron chi connectivity index (χ2n) is 4.90. The highest BCUT2D eigenvalue weighted by molar-refractivity contribution is 6.32. The lowest BCUT2D eigenvalue weighted by Crippen LogP contribution is -2.13. The van der Waals surface area contributed by atoms with Crippen molar-refractivity contribution in [2.45, 2.75) is 0 Å². The van der Waals surface area contributed by atoms with Crippen molar-refractivity contribution in [2.24, 2.45) is 0 Å². The molecule has 1 amide bonds. The van der Waals surface area contributed by atoms with E-state index < -0.39 is 5.91 Å². The molecule has 0 bridgehead atoms. The van der Waals surface area contributed by atoms with E-state index in [0.29, 0.717) is 22.0 Å². The molecule has 0 atom stereocenters. The number of hydrogen-bond donors (Lipinski definition) is 2. The first kappa shape index (κ1) is 18.2. The van der Waals surface area contributed by atoms with Gasteiger partial charge in [0.05, 0.1) is 19.2 Å². The van der Waals surface area contributed by atoms with Crippen LogP contribution < -0.4 is 14.8 Å². The van der Waals surface area contributed by atoms with Crippen molar-refractivity contribution in [3.63, 3.8) is 0 Å². The van der Waals surface area contributed by atoms with Crippen molar-refractivity contribution in [1.29, 1.82) is 5.26 Å². The van der Waals surface area contributed by atoms with E-state index in [-0.39, 0.29) is 17.1 Å². The molecule has 6 nitrogen and oxygen atoms in total. The van der Waals surface area contributed by atoms with Gasteiger partial charge in [0.1, 0.15) is 17.4 Å². The van der Waals surface area contributed by atoms with Crippen LogP contribution in [0.1, 0.15) is 5.56 Å². The van der Waals surface area contributed by atoms with Gasteiger partial charge in [-0.05, 0) is 42.0 Å². The van der Waals surface area contributed by atoms with Crippen LogP contribution in [0, 0.1) is 11.3 Å². The van der Waals surface area contributed by atoms with E-state index in [9.17, 15) is 15.2 Å². The Kier molecular flexibility index (Phi) is 5.88. The van der Waals surface area contributed by atoms with Crippen molar-refractivity contribution in [2.75, 3.05) is 19.5 Å². The summed E-state index contributed by atoms with van der Waals surface area (Å²) < 4.78 is 10.0. The Bertz CT molecular complexity index is 872. The second kappa shape index (κ2) is 8.08. The van der Waals surface area contributed by atoms with Crippen LogP contribution in [0.15, 0.2) is 42.0 Å². The van der Waals surface area contributed by atoms with E-state index in [1.54, 1.807) is 18.2 Å². The largest absolute Gasteiger partial charge is 0.504 e. The van der Waals surface area contributed by atoms with E-state index in [1.807, 2.05) is 6.07 Å². The molecule has 25 heavy (non-hydrogen) atoms. The summed E-state index contributed by atoms with van der Waals surface area (Å²) in [6.45, 7) is 0. The Hall–Kier alpha value is -3.17. The van der Waals surface area contributed by atoms with E-state index in [2.05, 4.69) is 5.32 Å². The van der Waals surface area contributed by atoms with Gasteiger partial charge in [0, 0.05) is 5.69 Å². The highest BCUT2D eigenvalue weighted by atomic mass is 35.5. The number of rotatable bonds is 5. The molecule has 0 aliphatic carbocycles. The fourth-order valence-corrected chi connectivity index (χ4v) is 2.30. The fraction of sp³-hybridized carbons (Fsp3) is 0.111. The minimum atomic E-state index is -0.587. The van der Waals surface area contributed by atoms with Crippen LogP contribution in [-0.2, 0) is 4.79 Å². The summed E-state index contributed by atoms with van der Waals surface area (Å²) in [6, 6.07) is 11.1. The molecule has 0 saturated heterocycles. The molecular weight excluding hydrogens is 344 g/mol. The monoisotopic (exact) mass is 358 g/mol. The minimum Gasteiger partial charge on any atom is -0.504 e. The molecule has 0 saturated carbocycles. The molecule has 2 aromatic carbocycles. The molecule has 0 heterocycles. The van der Waals surface area contributed by atoms with Gasteiger partial charge in [0.2, 0.25) is 0 Å². The maximum Gasteiger partial charge on any atom is 0.266 e. The molecule has 0 aromatic heterocycles. The van der Waals surface area contributed by atoms with Crippen molar-refractivity contribution in [3.8, 4) is 23.3 Å². The van der Waals surface area contributed by atoms with Gasteiger partial charge in [0.25, 0.3) is 5.91 Å². The van der Waals surface area contributed by atoms with Gasteiger partial charge < -0.3 is 19.9 Å². The van der Waals surface area contributed by atoms with Crippen LogP contribution in [-0.4, -0.2) is 25.2 Å². The number of carbonyl (C=O) groups excluding carboxylic acids is 1. The van der Waals surface area contributed by atoms with Gasteiger partial charge in [-0.15, -0.1) is 0 Å². The van der Waals surface area contributed by atoms with Crippen molar-refractivity contribution in [1.82, 2.24) is 0 Å². The molecule has 0 spiro atoms. The highest BCUT2D eigenvalue weighted by Gasteiger charge is 2.12. The Morgan fingerprint density at radius 1 is 1.20 bits per heavy atom. The van der Waals surface area contributed by atoms with Crippen LogP contribution in [0.2, 0.25) is 5.02 Å². The Balaban J connectivity index is 2.24. The molecule has 2 rings (SSSR count). The van der Waals surface area contributed by atoms with E-state index in [1.165, 1.54) is 38.5 Å². The Labute approximate surface area is 149 Å². The summed E-state index contributed by atoms with van der Waals surface area (Å²) in [5.41, 5.74) is 0.856. The van der Waals surface area contributed by atoms with Gasteiger partial charge in [0.15, 0.2) is 11.5 Å². The number of nitriles is 1. The van der Waals surface area contributed by atoms with Gasteiger partial charge in [-0.3, -0.25) is 4.79 Å². The number of ether oxygens (including phenoxy) is 2. The lowest BCUT2D eigenvalue weighted by atomic mass is 10.1. The number of nitrogens with zero attached hydrogens (tertiary/aromatic N) is 1. The molecule has 0 radical (unpaired) electrons. The molecule has 128 valence electrons. The summed E-state index contributed by atoms with van der Waals surface area (Å²) in [5.74, 6) is 0.103. The number of benzene rings is 2. The van der Waals surface area contributed by atoms with Gasteiger partial charge in [-0.25, -0.2) is 0 Å². The first-order chi connectivity index (χ1) is 12.0. The molecular formula is C18H15ClN2O4. The van der Waals surface area contributed by atoms with Crippen molar-refractivity contribution in [3.05, 3.63) is 52.6 Å². The second-order valence-corrected chi connectivity index (χ2v) is 5.31. The molecule has 0 unspecified atom stereocenters. The van der Waals surface area contributed by atoms with Gasteiger partial charge >= 0.3 is 0 Å². The van der Waals surface area contributed by atoms with Crippen LogP contribution in [0.3, 0.4) is 0 Å². The van der Waals surface area contributed by atoms with Crippen LogP contribution >= 0.6 is 11.6 Å². The summed E-state index contributed by atoms with van der Waals surface area (Å²) in [6.07, 6.45) is 1.39. The fourth-order valence-electron chi connectivity index (χ4n) is 2.04. The molecule has 0 fully saturated rings. The maximum absolute atomic E-state index is 12.3. The summed E-state index contributed by atoms with van der Waals surface area (Å²) in [4.78, 5) is 12.3. The van der Waals surface area contributed by atoms with E-state index >= 15 is 0 Å². The number of phenols is 1. The number of phenolic OH excluding ortho intramolecular Hbond substituents is 1. The third-order valence-electron chi connectivity index (χ3n) is 3.29. The average molecular weight is 359 g/mol. The minimum absolute atomic E-state index is 0.0320. The third-order valence-corrected chi connectivity index (χ3v) is 3.58. The van der Waals surface area contributed by atoms with Crippen molar-refractivity contribution >= 4 is 29.3 Å². The summed E-state index contributed by atoms with van der Waals surface area (Å²) in [7, 11) is 2.90. The number of nitrogens with one attached hydrogen (secondary N) is 1. The summed E-state index contributed by atoms with van der Waals surface area (Å²) in [5, 5.41) is 21.8. The lowest BCUT2D eigenvalue weighted by molar-refractivity contribution is -0.112. The zero-order chi connectivity index (χ0) is 18.4. The van der Waals surface area contributed by atoms with E-state index in [0.717, 1.165) is 0 Å². The van der Waals surface area contributed by atoms with Crippen LogP contribution in [0.4, 0.5) is 5.69 Å². The number of halogens is 1. The highest BCUT2D eigenvalue weighted by Crippen LogP contribution is 2.28. The quantitative estimate of drug-likeness (QED) is 0.629. The van der Waals surface area contributed by atoms with Crippen molar-refractivity contribution < 1.29 is 19.4 Å². The molecule has 2 aromatic rings. The number of methoxy groups -OCH3 is 2. The number of anilines is 1. The zero-order valence-electron chi connectivity index (χ0n) is 13.5. The predicted molar refractivity (Wildman–Crippen MR) is 94.9 cm³/mol. The van der Waals surface area contributed by atoms with Crippen LogP contribution in [0.5, 0.6) is 17.2 Å². The SMILES string of the molecule is COc1cc(/C=C(\C#N)C(=O)Nc2ccc(OC)c(Cl)c2)ccc1O. The van der Waals surface area contributed by atoms with Crippen LogP contribution in [0.25, 0.3) is 6.08 Å². The van der Waals surface area contributed by atoms with E-state index in [4.69, 9.17) is 21.1 Å². The topological polar surface area (TPSA) is 91.6 Å². The molecule has 7 heteroatoms. The average Bonchev–Trinajstić information content (AvgIpc) is 2.61. The smallest absolute Gasteiger partial charge is 0.266 e. The molecule has 0 aliphatic rings. The number of aromatic hydroxyl groups is 1. The number of hydrogen-bond acceptors (Lipinski definition) is 5. The number of carbonyl (C=O) groups is 1. The Morgan fingerprint density at radius 2 is 1.92 bits per heavy atom. The predicted octanol–water partition coefficient (Wildman–Crippen LogP) is 3.61. The first-order valence-corrected chi connectivity index (χ1v) is 7.50. The molecule has 0 aliphatic heterocycles. The Morgan fingerprint density at radius 3 is 2.52 bits per heavy atom. The lowest BCUT2D eigenvalue weighted by Gasteiger charge is -2.08. The molecule has 2 N–H and O–H groups in total. The third kappa shape index (κ3) is 4.43. The zero-order valence-corrected chi connectivity index (χ0v) is 14.3. The number of amides is 1. The first-order valence-electron chi connectivity index (χ1n) is 7.12.